The standard InChI is InChI=1S/C12H19N3S2/c1-9(2)7-16-8-10(13)5-11-6-15-3-4-17-12(15)14-11/h3-4,6,9-10H,5,7-8,13H2,1-2H3. The molecular weight excluding hydrogens is 250 g/mol. The van der Waals surface area contributed by atoms with Gasteiger partial charge in [-0.3, -0.25) is 4.40 Å². The van der Waals surface area contributed by atoms with Gasteiger partial charge in [0.05, 0.1) is 5.69 Å². The summed E-state index contributed by atoms with van der Waals surface area (Å²) in [6, 6.07) is 0.211. The van der Waals surface area contributed by atoms with Crippen molar-refractivity contribution in [2.45, 2.75) is 26.3 Å². The maximum absolute atomic E-state index is 6.12. The highest BCUT2D eigenvalue weighted by molar-refractivity contribution is 7.99. The molecule has 0 aliphatic rings. The largest absolute Gasteiger partial charge is 0.327 e. The van der Waals surface area contributed by atoms with Gasteiger partial charge in [-0.25, -0.2) is 4.98 Å². The third-order valence-electron chi connectivity index (χ3n) is 2.40. The first-order chi connectivity index (χ1) is 8.15. The Morgan fingerprint density at radius 2 is 2.29 bits per heavy atom. The quantitative estimate of drug-likeness (QED) is 0.876. The molecule has 2 N–H and O–H groups in total. The van der Waals surface area contributed by atoms with Crippen LogP contribution in [0.2, 0.25) is 0 Å². The van der Waals surface area contributed by atoms with Crippen molar-refractivity contribution in [2.75, 3.05) is 11.5 Å². The third-order valence-corrected chi connectivity index (χ3v) is 4.73. The van der Waals surface area contributed by atoms with Gasteiger partial charge in [0.15, 0.2) is 4.96 Å². The highest BCUT2D eigenvalue weighted by atomic mass is 32.2. The lowest BCUT2D eigenvalue weighted by Crippen LogP contribution is -2.26. The van der Waals surface area contributed by atoms with Crippen molar-refractivity contribution in [1.29, 1.82) is 0 Å². The molecule has 2 aromatic heterocycles. The molecular formula is C12H19N3S2. The number of imidazole rings is 1. The van der Waals surface area contributed by atoms with Crippen LogP contribution in [0.15, 0.2) is 17.8 Å². The Bertz CT molecular complexity index is 432. The normalized spacial score (nSPS) is 13.6. The van der Waals surface area contributed by atoms with E-state index in [1.807, 2.05) is 23.3 Å². The van der Waals surface area contributed by atoms with Gasteiger partial charge < -0.3 is 5.73 Å². The predicted octanol–water partition coefficient (Wildman–Crippen LogP) is 2.65. The average molecular weight is 269 g/mol. The molecule has 0 aliphatic heterocycles. The van der Waals surface area contributed by atoms with Gasteiger partial charge >= 0.3 is 0 Å². The molecule has 0 radical (unpaired) electrons. The summed E-state index contributed by atoms with van der Waals surface area (Å²) in [6.45, 7) is 4.48. The van der Waals surface area contributed by atoms with Gasteiger partial charge in [-0.15, -0.1) is 11.3 Å². The van der Waals surface area contributed by atoms with Crippen LogP contribution in [-0.2, 0) is 6.42 Å². The molecule has 0 saturated carbocycles. The number of thioether (sulfide) groups is 1. The van der Waals surface area contributed by atoms with E-state index in [0.29, 0.717) is 0 Å². The summed E-state index contributed by atoms with van der Waals surface area (Å²) in [5.41, 5.74) is 7.22. The fraction of sp³-hybridized carbons (Fsp3) is 0.583. The van der Waals surface area contributed by atoms with Crippen LogP contribution in [0.25, 0.3) is 4.96 Å². The zero-order valence-corrected chi connectivity index (χ0v) is 11.9. The summed E-state index contributed by atoms with van der Waals surface area (Å²) in [7, 11) is 0. The summed E-state index contributed by atoms with van der Waals surface area (Å²) in [5, 5.41) is 2.05. The van der Waals surface area contributed by atoms with Gasteiger partial charge in [0.2, 0.25) is 0 Å². The molecule has 1 atom stereocenters. The van der Waals surface area contributed by atoms with E-state index < -0.39 is 0 Å². The molecule has 5 heteroatoms. The van der Waals surface area contributed by atoms with Crippen LogP contribution in [0.1, 0.15) is 19.5 Å². The van der Waals surface area contributed by atoms with E-state index >= 15 is 0 Å². The number of rotatable bonds is 6. The second-order valence-electron chi connectivity index (χ2n) is 4.72. The molecule has 2 heterocycles. The van der Waals surface area contributed by atoms with Crippen molar-refractivity contribution in [1.82, 2.24) is 9.38 Å². The predicted molar refractivity (Wildman–Crippen MR) is 76.9 cm³/mol. The van der Waals surface area contributed by atoms with Gasteiger partial charge in [0.1, 0.15) is 0 Å². The maximum Gasteiger partial charge on any atom is 0.193 e. The minimum absolute atomic E-state index is 0.211. The van der Waals surface area contributed by atoms with Crippen LogP contribution in [-0.4, -0.2) is 26.9 Å². The number of hydrogen-bond acceptors (Lipinski definition) is 4. The van der Waals surface area contributed by atoms with Crippen molar-refractivity contribution in [3.63, 3.8) is 0 Å². The SMILES string of the molecule is CC(C)CSCC(N)Cc1cn2ccsc2n1. The Balaban J connectivity index is 1.82. The molecule has 0 aromatic carbocycles. The van der Waals surface area contributed by atoms with Gasteiger partial charge in [-0.1, -0.05) is 13.8 Å². The Kier molecular flexibility index (Phi) is 4.48. The zero-order chi connectivity index (χ0) is 12.3. The van der Waals surface area contributed by atoms with Gasteiger partial charge in [0, 0.05) is 36.0 Å². The van der Waals surface area contributed by atoms with Crippen LogP contribution in [0.3, 0.4) is 0 Å². The van der Waals surface area contributed by atoms with E-state index in [9.17, 15) is 0 Å². The Morgan fingerprint density at radius 1 is 1.47 bits per heavy atom. The summed E-state index contributed by atoms with van der Waals surface area (Å²) < 4.78 is 2.06. The van der Waals surface area contributed by atoms with E-state index in [2.05, 4.69) is 29.4 Å². The van der Waals surface area contributed by atoms with Crippen molar-refractivity contribution in [3.05, 3.63) is 23.5 Å². The van der Waals surface area contributed by atoms with Gasteiger partial charge in [-0.05, 0) is 11.7 Å². The van der Waals surface area contributed by atoms with Crippen molar-refractivity contribution < 1.29 is 0 Å². The highest BCUT2D eigenvalue weighted by Crippen LogP contribution is 2.14. The Hall–Kier alpha value is -0.520. The lowest BCUT2D eigenvalue weighted by atomic mass is 10.2. The molecule has 2 aromatic rings. The van der Waals surface area contributed by atoms with Crippen LogP contribution >= 0.6 is 23.1 Å². The fourth-order valence-electron chi connectivity index (χ4n) is 1.66. The third kappa shape index (κ3) is 3.72. The smallest absolute Gasteiger partial charge is 0.193 e. The molecule has 94 valence electrons. The van der Waals surface area contributed by atoms with E-state index in [0.717, 1.165) is 28.7 Å². The monoisotopic (exact) mass is 269 g/mol. The molecule has 17 heavy (non-hydrogen) atoms. The highest BCUT2D eigenvalue weighted by Gasteiger charge is 2.08. The second-order valence-corrected chi connectivity index (χ2v) is 6.67. The lowest BCUT2D eigenvalue weighted by molar-refractivity contribution is 0.724. The van der Waals surface area contributed by atoms with Crippen LogP contribution in [0.4, 0.5) is 0 Å². The zero-order valence-electron chi connectivity index (χ0n) is 10.3. The molecule has 0 saturated heterocycles. The fourth-order valence-corrected chi connectivity index (χ4v) is 3.40. The second kappa shape index (κ2) is 5.89. The van der Waals surface area contributed by atoms with E-state index in [1.165, 1.54) is 5.75 Å². The first-order valence-corrected chi connectivity index (χ1v) is 7.93. The Morgan fingerprint density at radius 3 is 3.00 bits per heavy atom. The molecule has 0 bridgehead atoms. The molecule has 0 amide bonds. The number of thiazole rings is 1. The minimum Gasteiger partial charge on any atom is -0.327 e. The summed E-state index contributed by atoms with van der Waals surface area (Å²) in [4.78, 5) is 5.61. The minimum atomic E-state index is 0.211. The van der Waals surface area contributed by atoms with Crippen molar-refractivity contribution in [2.24, 2.45) is 11.7 Å². The van der Waals surface area contributed by atoms with Crippen LogP contribution in [0, 0.1) is 5.92 Å². The summed E-state index contributed by atoms with van der Waals surface area (Å²) in [6.07, 6.45) is 4.99. The summed E-state index contributed by atoms with van der Waals surface area (Å²) in [5.74, 6) is 2.94. The number of nitrogens with zero attached hydrogens (tertiary/aromatic N) is 2. The van der Waals surface area contributed by atoms with Crippen LogP contribution < -0.4 is 5.73 Å². The molecule has 0 fully saturated rings. The number of nitrogens with two attached hydrogens (primary N) is 1. The van der Waals surface area contributed by atoms with Gasteiger partial charge in [0.25, 0.3) is 0 Å². The lowest BCUT2D eigenvalue weighted by Gasteiger charge is -2.10. The summed E-state index contributed by atoms with van der Waals surface area (Å²) >= 11 is 3.60. The molecule has 0 aliphatic carbocycles. The van der Waals surface area contributed by atoms with Crippen molar-refractivity contribution in [3.8, 4) is 0 Å². The topological polar surface area (TPSA) is 43.3 Å². The maximum atomic E-state index is 6.12. The van der Waals surface area contributed by atoms with E-state index in [-0.39, 0.29) is 6.04 Å². The molecule has 3 nitrogen and oxygen atoms in total. The van der Waals surface area contributed by atoms with E-state index in [1.54, 1.807) is 11.3 Å². The first kappa shape index (κ1) is 12.9. The van der Waals surface area contributed by atoms with E-state index in [4.69, 9.17) is 5.73 Å². The number of hydrogen-bond donors (Lipinski definition) is 1. The first-order valence-electron chi connectivity index (χ1n) is 5.89. The Labute approximate surface area is 110 Å². The molecule has 2 rings (SSSR count). The van der Waals surface area contributed by atoms with Gasteiger partial charge in [-0.2, -0.15) is 11.8 Å². The average Bonchev–Trinajstić information content (AvgIpc) is 2.76. The molecule has 0 spiro atoms. The van der Waals surface area contributed by atoms with Crippen molar-refractivity contribution >= 4 is 28.1 Å². The number of aromatic nitrogens is 2. The number of fused-ring (bicyclic) bond motifs is 1. The molecule has 1 unspecified atom stereocenters. The van der Waals surface area contributed by atoms with Crippen LogP contribution in [0.5, 0.6) is 0 Å².